The Kier molecular flexibility index (Phi) is 3.15. The highest BCUT2D eigenvalue weighted by molar-refractivity contribution is 8.11. The van der Waals surface area contributed by atoms with Crippen molar-refractivity contribution in [2.75, 3.05) is 19.4 Å². The molecule has 1 aliphatic rings. The van der Waals surface area contributed by atoms with Crippen LogP contribution in [0.25, 0.3) is 0 Å². The fourth-order valence-electron chi connectivity index (χ4n) is 1.15. The average molecular weight is 212 g/mol. The van der Waals surface area contributed by atoms with Crippen LogP contribution in [0.2, 0.25) is 0 Å². The third-order valence-electron chi connectivity index (χ3n) is 1.87. The maximum Gasteiger partial charge on any atom is 0.0839 e. The van der Waals surface area contributed by atoms with Crippen LogP contribution in [0.5, 0.6) is 0 Å². The standard InChI is InChI=1S/C7H15O3PS/c1-11(9,12)5-3-7-6(8)2-4-10-7/h6-8H,2-5H2,1H3,(H,9,12)/t6?,7-,11?/m1/s1/i4T/t4-,6?,7+,11?/m0. The molecule has 1 heterocycles. The first-order chi connectivity index (χ1) is 5.88. The van der Waals surface area contributed by atoms with Crippen LogP contribution >= 0.6 is 6.26 Å². The summed E-state index contributed by atoms with van der Waals surface area (Å²) in [5, 5.41) is 9.41. The molecular weight excluding hydrogens is 195 g/mol. The van der Waals surface area contributed by atoms with Gasteiger partial charge in [-0.15, -0.1) is 0 Å². The number of aliphatic hydroxyl groups excluding tert-OH is 1. The lowest BCUT2D eigenvalue weighted by Gasteiger charge is -2.15. The van der Waals surface area contributed by atoms with E-state index in [2.05, 4.69) is 0 Å². The highest BCUT2D eigenvalue weighted by Crippen LogP contribution is 2.37. The van der Waals surface area contributed by atoms with E-state index in [0.717, 1.165) is 0 Å². The van der Waals surface area contributed by atoms with Crippen molar-refractivity contribution in [1.82, 2.24) is 0 Å². The van der Waals surface area contributed by atoms with E-state index in [1.165, 1.54) is 0 Å². The molecule has 1 fully saturated rings. The maximum absolute atomic E-state index is 9.41. The predicted molar refractivity (Wildman–Crippen MR) is 52.3 cm³/mol. The van der Waals surface area contributed by atoms with Crippen molar-refractivity contribution in [2.24, 2.45) is 0 Å². The van der Waals surface area contributed by atoms with E-state index in [4.69, 9.17) is 17.9 Å². The van der Waals surface area contributed by atoms with Crippen molar-refractivity contribution in [3.63, 3.8) is 0 Å². The minimum Gasteiger partial charge on any atom is -0.390 e. The number of aliphatic hydroxyl groups is 1. The van der Waals surface area contributed by atoms with E-state index in [0.29, 0.717) is 19.0 Å². The van der Waals surface area contributed by atoms with Gasteiger partial charge in [-0.05, 0) is 19.5 Å². The summed E-state index contributed by atoms with van der Waals surface area (Å²) >= 11 is 4.87. The third kappa shape index (κ3) is 3.50. The average Bonchev–Trinajstić information content (AvgIpc) is 2.24. The smallest absolute Gasteiger partial charge is 0.0839 e. The summed E-state index contributed by atoms with van der Waals surface area (Å²) in [6, 6.07) is 0. The Balaban J connectivity index is 2.34. The first-order valence-corrected chi connectivity index (χ1v) is 7.32. The van der Waals surface area contributed by atoms with E-state index in [1.54, 1.807) is 6.66 Å². The van der Waals surface area contributed by atoms with Crippen LogP contribution in [0.1, 0.15) is 14.2 Å². The van der Waals surface area contributed by atoms with Gasteiger partial charge in [0.1, 0.15) is 0 Å². The van der Waals surface area contributed by atoms with Crippen molar-refractivity contribution in [3.05, 3.63) is 0 Å². The van der Waals surface area contributed by atoms with Crippen LogP contribution in [0.4, 0.5) is 0 Å². The molecule has 1 rings (SSSR count). The zero-order valence-corrected chi connectivity index (χ0v) is 8.72. The fraction of sp³-hybridized carbons (Fsp3) is 1.00. The lowest BCUT2D eigenvalue weighted by molar-refractivity contribution is 0.0407. The van der Waals surface area contributed by atoms with Gasteiger partial charge in [0.25, 0.3) is 0 Å². The van der Waals surface area contributed by atoms with Crippen molar-refractivity contribution < 1.29 is 16.1 Å². The van der Waals surface area contributed by atoms with Crippen LogP contribution in [0.15, 0.2) is 0 Å². The van der Waals surface area contributed by atoms with Gasteiger partial charge in [-0.1, -0.05) is 11.8 Å². The minimum absolute atomic E-state index is 0.308. The Hall–Kier alpha value is 0.530. The third-order valence-corrected chi connectivity index (χ3v) is 3.50. The highest BCUT2D eigenvalue weighted by atomic mass is 32.4. The second-order valence-corrected chi connectivity index (χ2v) is 8.12. The number of hydrogen-bond acceptors (Lipinski definition) is 3. The molecule has 0 aliphatic carbocycles. The van der Waals surface area contributed by atoms with Gasteiger partial charge in [0, 0.05) is 12.7 Å². The lowest BCUT2D eigenvalue weighted by atomic mass is 10.1. The first-order valence-electron chi connectivity index (χ1n) is 4.51. The molecule has 0 aromatic rings. The topological polar surface area (TPSA) is 49.7 Å². The van der Waals surface area contributed by atoms with Crippen LogP contribution < -0.4 is 0 Å². The molecule has 12 heavy (non-hydrogen) atoms. The molecular formula is C7H15O3PS. The zero-order valence-electron chi connectivity index (χ0n) is 8.01. The zero-order chi connectivity index (χ0) is 10.1. The van der Waals surface area contributed by atoms with Gasteiger partial charge >= 0.3 is 0 Å². The van der Waals surface area contributed by atoms with Gasteiger partial charge in [-0.2, -0.15) is 0 Å². The normalized spacial score (nSPS) is 42.2. The monoisotopic (exact) mass is 212 g/mol. The molecule has 1 aliphatic heterocycles. The van der Waals surface area contributed by atoms with E-state index in [-0.39, 0.29) is 6.10 Å². The van der Waals surface area contributed by atoms with E-state index >= 15 is 0 Å². The highest BCUT2D eigenvalue weighted by Gasteiger charge is 2.26. The molecule has 0 amide bonds. The predicted octanol–water partition coefficient (Wildman–Crippen LogP) is 0.543. The summed E-state index contributed by atoms with van der Waals surface area (Å²) in [5.41, 5.74) is 0. The van der Waals surface area contributed by atoms with Crippen molar-refractivity contribution in [2.45, 2.75) is 25.0 Å². The number of ether oxygens (including phenoxy) is 1. The van der Waals surface area contributed by atoms with Crippen LogP contribution in [0.3, 0.4) is 0 Å². The minimum atomic E-state index is -2.18. The molecule has 4 atom stereocenters. The van der Waals surface area contributed by atoms with E-state index in [9.17, 15) is 10.00 Å². The summed E-state index contributed by atoms with van der Waals surface area (Å²) in [6.07, 6.45) is -1.63. The summed E-state index contributed by atoms with van der Waals surface area (Å²) in [6.45, 7) is 1.04. The molecule has 2 unspecified atom stereocenters. The van der Waals surface area contributed by atoms with Crippen LogP contribution in [-0.4, -0.2) is 41.6 Å². The van der Waals surface area contributed by atoms with Gasteiger partial charge in [0.05, 0.1) is 19.8 Å². The molecule has 0 bridgehead atoms. The van der Waals surface area contributed by atoms with Gasteiger partial charge in [0.15, 0.2) is 0 Å². The summed E-state index contributed by atoms with van der Waals surface area (Å²) in [4.78, 5) is 9.37. The second kappa shape index (κ2) is 4.16. The van der Waals surface area contributed by atoms with Gasteiger partial charge < -0.3 is 14.7 Å². The maximum atomic E-state index is 9.41. The van der Waals surface area contributed by atoms with E-state index in [1.807, 2.05) is 0 Å². The van der Waals surface area contributed by atoms with Gasteiger partial charge in [0.2, 0.25) is 0 Å². The molecule has 2 N–H and O–H groups in total. The fourth-order valence-corrected chi connectivity index (χ4v) is 2.20. The van der Waals surface area contributed by atoms with Crippen LogP contribution in [-0.2, 0) is 16.5 Å². The molecule has 3 nitrogen and oxygen atoms in total. The van der Waals surface area contributed by atoms with Crippen LogP contribution in [0, 0.1) is 0 Å². The molecule has 0 aromatic heterocycles. The number of hydrogen-bond donors (Lipinski definition) is 2. The van der Waals surface area contributed by atoms with Gasteiger partial charge in [-0.25, -0.2) is 0 Å². The Morgan fingerprint density at radius 3 is 2.92 bits per heavy atom. The Bertz CT molecular complexity index is 220. The Labute approximate surface area is 79.2 Å². The largest absolute Gasteiger partial charge is 0.390 e. The Morgan fingerprint density at radius 2 is 2.50 bits per heavy atom. The van der Waals surface area contributed by atoms with Crippen molar-refractivity contribution >= 4 is 18.1 Å². The first kappa shape index (κ1) is 9.10. The van der Waals surface area contributed by atoms with E-state index < -0.39 is 19.0 Å². The molecule has 0 saturated carbocycles. The molecule has 0 radical (unpaired) electrons. The second-order valence-electron chi connectivity index (χ2n) is 3.21. The van der Waals surface area contributed by atoms with Crippen molar-refractivity contribution in [1.29, 1.82) is 0 Å². The van der Waals surface area contributed by atoms with Crippen molar-refractivity contribution in [3.8, 4) is 0 Å². The number of rotatable bonds is 3. The molecule has 72 valence electrons. The Morgan fingerprint density at radius 1 is 1.83 bits per heavy atom. The summed E-state index contributed by atoms with van der Waals surface area (Å²) < 4.78 is 12.4. The quantitative estimate of drug-likeness (QED) is 0.670. The molecule has 1 saturated heterocycles. The summed E-state index contributed by atoms with van der Waals surface area (Å²) in [5.74, 6) is 0. The molecule has 0 aromatic carbocycles. The molecule has 0 spiro atoms. The lowest BCUT2D eigenvalue weighted by Crippen LogP contribution is -2.21. The summed E-state index contributed by atoms with van der Waals surface area (Å²) in [7, 11) is 0. The molecule has 5 heteroatoms. The van der Waals surface area contributed by atoms with Gasteiger partial charge in [-0.3, -0.25) is 0 Å². The SMILES string of the molecule is [3H][C@H]1CC(O)[C@@H](CCP(C)(O)=S)O1.